The Morgan fingerprint density at radius 1 is 1.04 bits per heavy atom. The van der Waals surface area contributed by atoms with Crippen LogP contribution >= 0.6 is 0 Å². The van der Waals surface area contributed by atoms with Crippen LogP contribution in [0.2, 0.25) is 0 Å². The topological polar surface area (TPSA) is 40.6 Å². The Morgan fingerprint density at radius 2 is 1.73 bits per heavy atom. The van der Waals surface area contributed by atoms with E-state index in [1.165, 1.54) is 5.56 Å². The number of fused-ring (bicyclic) bond motifs is 1. The molecule has 134 valence electrons. The second-order valence-electron chi connectivity index (χ2n) is 7.31. The van der Waals surface area contributed by atoms with E-state index in [2.05, 4.69) is 12.1 Å². The van der Waals surface area contributed by atoms with Crippen LogP contribution in [0.3, 0.4) is 0 Å². The highest BCUT2D eigenvalue weighted by Crippen LogP contribution is 2.34. The third kappa shape index (κ3) is 3.12. The van der Waals surface area contributed by atoms with Gasteiger partial charge in [-0.1, -0.05) is 48.0 Å². The van der Waals surface area contributed by atoms with E-state index in [-0.39, 0.29) is 17.9 Å². The number of nitrogens with zero attached hydrogens (tertiary/aromatic N) is 2. The van der Waals surface area contributed by atoms with Crippen LogP contribution in [0.5, 0.6) is 0 Å². The third-order valence-corrected chi connectivity index (χ3v) is 5.51. The molecule has 4 heteroatoms. The fourth-order valence-electron chi connectivity index (χ4n) is 3.99. The van der Waals surface area contributed by atoms with Crippen molar-refractivity contribution >= 4 is 11.8 Å². The van der Waals surface area contributed by atoms with Crippen LogP contribution in [0, 0.1) is 6.92 Å². The maximum atomic E-state index is 13.0. The smallest absolute Gasteiger partial charge is 0.255 e. The van der Waals surface area contributed by atoms with Crippen molar-refractivity contribution in [2.24, 2.45) is 0 Å². The number of carbonyl (C=O) groups excluding carboxylic acids is 2. The molecule has 2 heterocycles. The van der Waals surface area contributed by atoms with E-state index in [1.54, 1.807) is 0 Å². The van der Waals surface area contributed by atoms with Gasteiger partial charge in [0.2, 0.25) is 5.91 Å². The monoisotopic (exact) mass is 348 g/mol. The van der Waals surface area contributed by atoms with Gasteiger partial charge in [0.15, 0.2) is 0 Å². The predicted molar refractivity (Wildman–Crippen MR) is 101 cm³/mol. The van der Waals surface area contributed by atoms with Gasteiger partial charge in [-0.25, -0.2) is 0 Å². The molecule has 4 nitrogen and oxygen atoms in total. The van der Waals surface area contributed by atoms with E-state index in [0.717, 1.165) is 42.6 Å². The summed E-state index contributed by atoms with van der Waals surface area (Å²) in [7, 11) is 0. The average molecular weight is 348 g/mol. The molecule has 2 aliphatic heterocycles. The lowest BCUT2D eigenvalue weighted by atomic mass is 10.00. The fraction of sp³-hybridized carbons (Fsp3) is 0.364. The van der Waals surface area contributed by atoms with Crippen molar-refractivity contribution in [3.05, 3.63) is 70.8 Å². The molecule has 1 fully saturated rings. The molecule has 1 saturated heterocycles. The number of benzene rings is 2. The molecular formula is C22H24N2O2. The normalized spacial score (nSPS) is 17.5. The average Bonchev–Trinajstić information content (AvgIpc) is 3.30. The van der Waals surface area contributed by atoms with E-state index in [0.29, 0.717) is 13.0 Å². The van der Waals surface area contributed by atoms with Gasteiger partial charge in [0, 0.05) is 25.2 Å². The van der Waals surface area contributed by atoms with Crippen molar-refractivity contribution in [3.63, 3.8) is 0 Å². The van der Waals surface area contributed by atoms with Gasteiger partial charge in [-0.05, 0) is 37.0 Å². The van der Waals surface area contributed by atoms with Crippen molar-refractivity contribution in [1.29, 1.82) is 0 Å². The second-order valence-corrected chi connectivity index (χ2v) is 7.31. The first-order chi connectivity index (χ1) is 12.6. The summed E-state index contributed by atoms with van der Waals surface area (Å²) in [4.78, 5) is 29.6. The van der Waals surface area contributed by atoms with E-state index in [4.69, 9.17) is 0 Å². The highest BCUT2D eigenvalue weighted by molar-refractivity contribution is 5.98. The Bertz CT molecular complexity index is 822. The van der Waals surface area contributed by atoms with E-state index >= 15 is 0 Å². The Hall–Kier alpha value is -2.62. The number of carbonyl (C=O) groups is 2. The molecule has 2 aromatic carbocycles. The standard InChI is InChI=1S/C22H24N2O2/c1-16-8-10-17(11-9-16)20(14-21(25)23-12-4-5-13-23)24-15-18-6-2-3-7-19(18)22(24)26/h2-3,6-11,20H,4-5,12-15H2,1H3. The number of hydrogen-bond donors (Lipinski definition) is 0. The summed E-state index contributed by atoms with van der Waals surface area (Å²) in [6.07, 6.45) is 2.51. The zero-order valence-corrected chi connectivity index (χ0v) is 15.1. The Morgan fingerprint density at radius 3 is 2.42 bits per heavy atom. The molecule has 0 aliphatic carbocycles. The minimum absolute atomic E-state index is 0.0281. The molecule has 26 heavy (non-hydrogen) atoms. The van der Waals surface area contributed by atoms with Crippen LogP contribution in [0.4, 0.5) is 0 Å². The van der Waals surface area contributed by atoms with Gasteiger partial charge in [0.1, 0.15) is 0 Å². The number of hydrogen-bond acceptors (Lipinski definition) is 2. The summed E-state index contributed by atoms with van der Waals surface area (Å²) in [6, 6.07) is 15.7. The zero-order valence-electron chi connectivity index (χ0n) is 15.1. The summed E-state index contributed by atoms with van der Waals surface area (Å²) >= 11 is 0. The molecular weight excluding hydrogens is 324 g/mol. The molecule has 2 aromatic rings. The predicted octanol–water partition coefficient (Wildman–Crippen LogP) is 3.70. The fourth-order valence-corrected chi connectivity index (χ4v) is 3.99. The SMILES string of the molecule is Cc1ccc(C(CC(=O)N2CCCC2)N2Cc3ccccc3C2=O)cc1. The Labute approximate surface area is 154 Å². The van der Waals surface area contributed by atoms with Crippen LogP contribution < -0.4 is 0 Å². The molecule has 1 atom stereocenters. The molecule has 0 spiro atoms. The van der Waals surface area contributed by atoms with Gasteiger partial charge in [-0.15, -0.1) is 0 Å². The zero-order chi connectivity index (χ0) is 18.1. The quantitative estimate of drug-likeness (QED) is 0.845. The number of likely N-dealkylation sites (tertiary alicyclic amines) is 1. The molecule has 1 unspecified atom stereocenters. The number of amides is 2. The van der Waals surface area contributed by atoms with Gasteiger partial charge in [0.25, 0.3) is 5.91 Å². The van der Waals surface area contributed by atoms with Gasteiger partial charge < -0.3 is 9.80 Å². The molecule has 0 bridgehead atoms. The molecule has 4 rings (SSSR count). The molecule has 0 radical (unpaired) electrons. The second kappa shape index (κ2) is 6.94. The lowest BCUT2D eigenvalue weighted by molar-refractivity contribution is -0.131. The highest BCUT2D eigenvalue weighted by Gasteiger charge is 2.35. The van der Waals surface area contributed by atoms with Gasteiger partial charge in [0.05, 0.1) is 12.5 Å². The van der Waals surface area contributed by atoms with Gasteiger partial charge in [-0.2, -0.15) is 0 Å². The van der Waals surface area contributed by atoms with E-state index in [9.17, 15) is 9.59 Å². The molecule has 2 amide bonds. The molecule has 0 saturated carbocycles. The first-order valence-electron chi connectivity index (χ1n) is 9.37. The van der Waals surface area contributed by atoms with Crippen molar-refractivity contribution in [2.45, 2.75) is 38.8 Å². The summed E-state index contributed by atoms with van der Waals surface area (Å²) in [5.74, 6) is 0.178. The van der Waals surface area contributed by atoms with Gasteiger partial charge >= 0.3 is 0 Å². The summed E-state index contributed by atoms with van der Waals surface area (Å²) in [5, 5.41) is 0. The van der Waals surface area contributed by atoms with Gasteiger partial charge in [-0.3, -0.25) is 9.59 Å². The van der Waals surface area contributed by atoms with Crippen LogP contribution in [0.1, 0.15) is 52.4 Å². The minimum Gasteiger partial charge on any atom is -0.343 e. The van der Waals surface area contributed by atoms with Crippen molar-refractivity contribution in [1.82, 2.24) is 9.80 Å². The van der Waals surface area contributed by atoms with Crippen LogP contribution in [-0.4, -0.2) is 34.7 Å². The van der Waals surface area contributed by atoms with Crippen molar-refractivity contribution < 1.29 is 9.59 Å². The van der Waals surface area contributed by atoms with Crippen LogP contribution in [-0.2, 0) is 11.3 Å². The highest BCUT2D eigenvalue weighted by atomic mass is 16.2. The Kier molecular flexibility index (Phi) is 4.49. The van der Waals surface area contributed by atoms with Crippen molar-refractivity contribution in [2.75, 3.05) is 13.1 Å². The Balaban J connectivity index is 1.63. The summed E-state index contributed by atoms with van der Waals surface area (Å²) in [5.41, 5.74) is 4.01. The largest absolute Gasteiger partial charge is 0.343 e. The molecule has 0 aromatic heterocycles. The first kappa shape index (κ1) is 16.8. The maximum absolute atomic E-state index is 13.0. The minimum atomic E-state index is -0.219. The summed E-state index contributed by atoms with van der Waals surface area (Å²) in [6.45, 7) is 4.30. The van der Waals surface area contributed by atoms with Crippen LogP contribution in [0.25, 0.3) is 0 Å². The first-order valence-corrected chi connectivity index (χ1v) is 9.37. The lowest BCUT2D eigenvalue weighted by Crippen LogP contribution is -2.35. The van der Waals surface area contributed by atoms with E-state index in [1.807, 2.05) is 53.1 Å². The van der Waals surface area contributed by atoms with Crippen LogP contribution in [0.15, 0.2) is 48.5 Å². The number of rotatable bonds is 4. The molecule has 2 aliphatic rings. The van der Waals surface area contributed by atoms with Crippen molar-refractivity contribution in [3.8, 4) is 0 Å². The lowest BCUT2D eigenvalue weighted by Gasteiger charge is -2.29. The van der Waals surface area contributed by atoms with E-state index < -0.39 is 0 Å². The summed E-state index contributed by atoms with van der Waals surface area (Å²) < 4.78 is 0. The third-order valence-electron chi connectivity index (χ3n) is 5.51. The molecule has 0 N–H and O–H groups in total. The number of aryl methyl sites for hydroxylation is 1. The maximum Gasteiger partial charge on any atom is 0.255 e.